The third-order valence-corrected chi connectivity index (χ3v) is 7.54. The van der Waals surface area contributed by atoms with Crippen LogP contribution in [0.25, 0.3) is 23.1 Å². The molecular weight excluding hydrogens is 512 g/mol. The Morgan fingerprint density at radius 2 is 1.76 bits per heavy atom. The van der Waals surface area contributed by atoms with E-state index in [1.807, 2.05) is 54.6 Å². The molecule has 0 bridgehead atoms. The molecule has 7 heteroatoms. The fourth-order valence-corrected chi connectivity index (χ4v) is 5.35. The van der Waals surface area contributed by atoms with E-state index in [1.165, 1.54) is 5.56 Å². The summed E-state index contributed by atoms with van der Waals surface area (Å²) in [5.74, 6) is 3.28. The monoisotopic (exact) mass is 549 g/mol. The van der Waals surface area contributed by atoms with E-state index in [2.05, 4.69) is 59.7 Å². The molecule has 2 N–H and O–H groups in total. The van der Waals surface area contributed by atoms with Gasteiger partial charge in [-0.2, -0.15) is 0 Å². The van der Waals surface area contributed by atoms with Crippen molar-refractivity contribution in [2.75, 3.05) is 18.4 Å². The van der Waals surface area contributed by atoms with Crippen LogP contribution in [0.2, 0.25) is 0 Å². The van der Waals surface area contributed by atoms with Crippen LogP contribution in [0.5, 0.6) is 5.75 Å². The van der Waals surface area contributed by atoms with Gasteiger partial charge < -0.3 is 20.1 Å². The first-order valence-corrected chi connectivity index (χ1v) is 14.2. The van der Waals surface area contributed by atoms with Crippen LogP contribution in [0.15, 0.2) is 72.8 Å². The average Bonchev–Trinajstić information content (AvgIpc) is 3.01. The van der Waals surface area contributed by atoms with Crippen molar-refractivity contribution in [2.45, 2.75) is 39.2 Å². The number of nitrogens with zero attached hydrogens (tertiary/aromatic N) is 2. The number of ether oxygens (including phenoxy) is 2. The van der Waals surface area contributed by atoms with Crippen LogP contribution in [0.4, 0.5) is 10.6 Å². The van der Waals surface area contributed by atoms with E-state index in [0.717, 1.165) is 65.8 Å². The molecule has 1 amide bonds. The molecule has 0 aliphatic heterocycles. The topological polar surface area (TPSA) is 85.4 Å². The zero-order valence-electron chi connectivity index (χ0n) is 23.5. The lowest BCUT2D eigenvalue weighted by molar-refractivity contribution is 0.177. The number of amides is 1. The molecular formula is C34H37N4O3. The highest BCUT2D eigenvalue weighted by Gasteiger charge is 2.23. The molecule has 1 aliphatic rings. The predicted molar refractivity (Wildman–Crippen MR) is 164 cm³/mol. The van der Waals surface area contributed by atoms with Crippen LogP contribution >= 0.6 is 0 Å². The first kappa shape index (κ1) is 28.1. The molecule has 0 spiro atoms. The first-order chi connectivity index (χ1) is 20.1. The van der Waals surface area contributed by atoms with Crippen molar-refractivity contribution in [1.82, 2.24) is 15.3 Å². The minimum absolute atomic E-state index is 0.438. The third kappa shape index (κ3) is 8.07. The quantitative estimate of drug-likeness (QED) is 0.214. The van der Waals surface area contributed by atoms with Crippen LogP contribution in [-0.4, -0.2) is 29.2 Å². The summed E-state index contributed by atoms with van der Waals surface area (Å²) in [6.45, 7) is 4.07. The van der Waals surface area contributed by atoms with Crippen LogP contribution in [0, 0.1) is 25.9 Å². The molecule has 4 aromatic rings. The van der Waals surface area contributed by atoms with Crippen LogP contribution in [-0.2, 0) is 11.3 Å². The summed E-state index contributed by atoms with van der Waals surface area (Å²) in [7, 11) is 3.17. The van der Waals surface area contributed by atoms with Crippen LogP contribution < -0.4 is 15.4 Å². The number of aryl methyl sites for hydroxylation is 1. The van der Waals surface area contributed by atoms with Crippen molar-refractivity contribution in [3.05, 3.63) is 102 Å². The molecule has 41 heavy (non-hydrogen) atoms. The second-order valence-electron chi connectivity index (χ2n) is 10.7. The van der Waals surface area contributed by atoms with Gasteiger partial charge in [0.05, 0.1) is 5.52 Å². The molecule has 1 radical (unpaired) electrons. The number of nitrogens with one attached hydrogen (secondary N) is 2. The van der Waals surface area contributed by atoms with E-state index < -0.39 is 6.09 Å². The highest BCUT2D eigenvalue weighted by atomic mass is 16.5. The lowest BCUT2D eigenvalue weighted by atomic mass is 9.81. The minimum atomic E-state index is -0.471. The van der Waals surface area contributed by atoms with E-state index in [-0.39, 0.29) is 0 Å². The Morgan fingerprint density at radius 1 is 0.976 bits per heavy atom. The van der Waals surface area contributed by atoms with Gasteiger partial charge in [0.1, 0.15) is 25.3 Å². The van der Waals surface area contributed by atoms with Gasteiger partial charge in [0, 0.05) is 18.5 Å². The number of fused-ring (bicyclic) bond motifs is 1. The number of carbonyl (C=O) groups is 1. The second kappa shape index (κ2) is 13.8. The smallest absolute Gasteiger partial charge is 0.407 e. The van der Waals surface area contributed by atoms with Gasteiger partial charge in [-0.05, 0) is 79.5 Å². The SMILES string of the molecule is [CH2]OC(=O)NCC1CCCC(CNc2nc(/C=C/c3ccc(OCc4ccccc4)cc3)nc3ccc(C)cc23)C1. The Morgan fingerprint density at radius 3 is 2.54 bits per heavy atom. The number of carbonyl (C=O) groups excluding carboxylic acids is 1. The molecule has 1 fully saturated rings. The van der Waals surface area contributed by atoms with Crippen LogP contribution in [0.1, 0.15) is 48.2 Å². The molecule has 2 atom stereocenters. The lowest BCUT2D eigenvalue weighted by Crippen LogP contribution is -2.32. The van der Waals surface area contributed by atoms with Gasteiger partial charge in [-0.25, -0.2) is 14.8 Å². The number of alkyl carbamates (subject to hydrolysis) is 1. The summed E-state index contributed by atoms with van der Waals surface area (Å²) >= 11 is 0. The summed E-state index contributed by atoms with van der Waals surface area (Å²) in [5.41, 5.74) is 4.27. The Labute approximate surface area is 242 Å². The molecule has 7 nitrogen and oxygen atoms in total. The van der Waals surface area contributed by atoms with Gasteiger partial charge in [-0.3, -0.25) is 0 Å². The predicted octanol–water partition coefficient (Wildman–Crippen LogP) is 7.42. The average molecular weight is 550 g/mol. The maximum atomic E-state index is 11.4. The number of hydrogen-bond acceptors (Lipinski definition) is 6. The number of benzene rings is 3. The Kier molecular flexibility index (Phi) is 9.47. The molecule has 3 aromatic carbocycles. The Hall–Kier alpha value is -4.39. The van der Waals surface area contributed by atoms with E-state index in [4.69, 9.17) is 14.7 Å². The summed E-state index contributed by atoms with van der Waals surface area (Å²) < 4.78 is 10.4. The molecule has 1 aliphatic carbocycles. The number of aromatic nitrogens is 2. The van der Waals surface area contributed by atoms with Crippen molar-refractivity contribution >= 4 is 35.0 Å². The van der Waals surface area contributed by atoms with Gasteiger partial charge in [0.15, 0.2) is 5.82 Å². The summed E-state index contributed by atoms with van der Waals surface area (Å²) in [5, 5.41) is 7.45. The standard InChI is InChI=1S/C34H37N4O3/c1-24-11-17-31-30(19-24)33(35-21-27-9-6-10-28(20-27)22-36-34(39)40-2)38-32(37-31)18-14-25-12-15-29(16-13-25)41-23-26-7-4-3-5-8-26/h3-5,7-8,11-19,27-28H,2,6,9-10,20-23H2,1H3,(H,36,39)(H,35,37,38)/b18-14+. The molecule has 2 unspecified atom stereocenters. The third-order valence-electron chi connectivity index (χ3n) is 7.54. The van der Waals surface area contributed by atoms with Gasteiger partial charge in [0.2, 0.25) is 0 Å². The van der Waals surface area contributed by atoms with Crippen LogP contribution in [0.3, 0.4) is 0 Å². The largest absolute Gasteiger partial charge is 0.489 e. The lowest BCUT2D eigenvalue weighted by Gasteiger charge is -2.29. The van der Waals surface area contributed by atoms with E-state index >= 15 is 0 Å². The summed E-state index contributed by atoms with van der Waals surface area (Å²) in [4.78, 5) is 21.1. The van der Waals surface area contributed by atoms with E-state index in [0.29, 0.717) is 30.8 Å². The van der Waals surface area contributed by atoms with E-state index in [1.54, 1.807) is 0 Å². The molecule has 1 saturated carbocycles. The molecule has 1 heterocycles. The summed E-state index contributed by atoms with van der Waals surface area (Å²) in [6, 6.07) is 24.4. The normalized spacial score (nSPS) is 16.9. The Balaban J connectivity index is 1.24. The summed E-state index contributed by atoms with van der Waals surface area (Å²) in [6.07, 6.45) is 7.96. The Bertz CT molecular complexity index is 1470. The number of hydrogen-bond donors (Lipinski definition) is 2. The second-order valence-corrected chi connectivity index (χ2v) is 10.7. The van der Waals surface area contributed by atoms with Gasteiger partial charge >= 0.3 is 6.09 Å². The minimum Gasteiger partial charge on any atom is -0.489 e. The van der Waals surface area contributed by atoms with Gasteiger partial charge in [-0.15, -0.1) is 0 Å². The van der Waals surface area contributed by atoms with Crippen molar-refractivity contribution in [1.29, 1.82) is 0 Å². The maximum absolute atomic E-state index is 11.4. The fourth-order valence-electron chi connectivity index (χ4n) is 5.35. The van der Waals surface area contributed by atoms with Crippen molar-refractivity contribution < 1.29 is 14.3 Å². The van der Waals surface area contributed by atoms with Gasteiger partial charge in [-0.1, -0.05) is 66.6 Å². The van der Waals surface area contributed by atoms with E-state index in [9.17, 15) is 4.79 Å². The van der Waals surface area contributed by atoms with Gasteiger partial charge in [0.25, 0.3) is 0 Å². The zero-order valence-corrected chi connectivity index (χ0v) is 23.5. The fraction of sp³-hybridized carbons (Fsp3) is 0.294. The van der Waals surface area contributed by atoms with Crippen molar-refractivity contribution in [3.63, 3.8) is 0 Å². The molecule has 1 aromatic heterocycles. The molecule has 211 valence electrons. The molecule has 0 saturated heterocycles. The van der Waals surface area contributed by atoms with Crippen molar-refractivity contribution in [3.8, 4) is 5.75 Å². The highest BCUT2D eigenvalue weighted by molar-refractivity contribution is 5.90. The zero-order chi connectivity index (χ0) is 28.4. The maximum Gasteiger partial charge on any atom is 0.407 e. The van der Waals surface area contributed by atoms with Crippen molar-refractivity contribution in [2.24, 2.45) is 11.8 Å². The highest BCUT2D eigenvalue weighted by Crippen LogP contribution is 2.30. The molecule has 5 rings (SSSR count). The number of anilines is 1. The number of rotatable bonds is 10. The first-order valence-electron chi connectivity index (χ1n) is 14.2.